The lowest BCUT2D eigenvalue weighted by atomic mass is 9.98. The normalized spacial score (nSPS) is 17.2. The Labute approximate surface area is 115 Å². The molecule has 1 N–H and O–H groups in total. The minimum Gasteiger partial charge on any atom is -0.392 e. The van der Waals surface area contributed by atoms with Gasteiger partial charge in [0.25, 0.3) is 0 Å². The number of allylic oxidation sites excluding steroid dienone is 2. The lowest BCUT2D eigenvalue weighted by molar-refractivity contribution is 0.180. The summed E-state index contributed by atoms with van der Waals surface area (Å²) >= 11 is 0. The summed E-state index contributed by atoms with van der Waals surface area (Å²) in [5.74, 6) is 0. The van der Waals surface area contributed by atoms with E-state index in [9.17, 15) is 5.11 Å². The number of rotatable bonds is 4. The third-order valence-corrected chi connectivity index (χ3v) is 3.66. The van der Waals surface area contributed by atoms with Gasteiger partial charge < -0.3 is 5.11 Å². The summed E-state index contributed by atoms with van der Waals surface area (Å²) in [5, 5.41) is 18.2. The van der Waals surface area contributed by atoms with Crippen LogP contribution in [0.2, 0.25) is 0 Å². The van der Waals surface area contributed by atoms with Crippen LogP contribution < -0.4 is 0 Å². The Kier molecular flexibility index (Phi) is 5.18. The zero-order chi connectivity index (χ0) is 13.5. The second-order valence-electron chi connectivity index (χ2n) is 5.25. The standard InChI is InChI=1S/C17H21NO/c18-12-11-17(19)13-14-7-9-16(10-8-14)15-5-3-1-2-4-6-15/h5,7-10,17,19H,1-4,6,11,13H2/t17-/m1/s1. The van der Waals surface area contributed by atoms with Crippen LogP contribution in [-0.2, 0) is 6.42 Å². The summed E-state index contributed by atoms with van der Waals surface area (Å²) in [6.45, 7) is 0. The molecule has 0 aromatic heterocycles. The predicted octanol–water partition coefficient (Wildman–Crippen LogP) is 3.85. The highest BCUT2D eigenvalue weighted by Crippen LogP contribution is 2.26. The van der Waals surface area contributed by atoms with Crippen LogP contribution in [0.25, 0.3) is 5.57 Å². The molecule has 0 fully saturated rings. The van der Waals surface area contributed by atoms with Gasteiger partial charge in [-0.1, -0.05) is 36.8 Å². The Bertz CT molecular complexity index is 467. The quantitative estimate of drug-likeness (QED) is 0.888. The van der Waals surface area contributed by atoms with Gasteiger partial charge in [0.15, 0.2) is 0 Å². The van der Waals surface area contributed by atoms with Crippen molar-refractivity contribution < 1.29 is 5.11 Å². The first-order valence-corrected chi connectivity index (χ1v) is 7.13. The van der Waals surface area contributed by atoms with Crippen LogP contribution in [0.4, 0.5) is 0 Å². The van der Waals surface area contributed by atoms with Crippen LogP contribution in [-0.4, -0.2) is 11.2 Å². The minimum absolute atomic E-state index is 0.201. The number of aliphatic hydroxyl groups excluding tert-OH is 1. The van der Waals surface area contributed by atoms with Gasteiger partial charge in [-0.25, -0.2) is 0 Å². The number of benzene rings is 1. The van der Waals surface area contributed by atoms with Crippen molar-refractivity contribution in [2.24, 2.45) is 0 Å². The number of aliphatic hydroxyl groups is 1. The van der Waals surface area contributed by atoms with Crippen molar-refractivity contribution in [3.8, 4) is 6.07 Å². The third-order valence-electron chi connectivity index (χ3n) is 3.66. The van der Waals surface area contributed by atoms with Gasteiger partial charge in [0.05, 0.1) is 18.6 Å². The molecule has 2 heteroatoms. The molecular weight excluding hydrogens is 234 g/mol. The van der Waals surface area contributed by atoms with Crippen molar-refractivity contribution in [1.82, 2.24) is 0 Å². The molecule has 0 saturated heterocycles. The summed E-state index contributed by atoms with van der Waals surface area (Å²) in [4.78, 5) is 0. The van der Waals surface area contributed by atoms with Crippen molar-refractivity contribution >= 4 is 5.57 Å². The number of hydrogen-bond donors (Lipinski definition) is 1. The van der Waals surface area contributed by atoms with Crippen molar-refractivity contribution in [2.45, 2.75) is 51.0 Å². The summed E-state index contributed by atoms with van der Waals surface area (Å²) < 4.78 is 0. The average Bonchev–Trinajstić information content (AvgIpc) is 2.69. The SMILES string of the molecule is N#CC[C@@H](O)Cc1ccc(C2=CCCCCC2)cc1. The van der Waals surface area contributed by atoms with E-state index >= 15 is 0 Å². The molecule has 0 heterocycles. The molecule has 100 valence electrons. The van der Waals surface area contributed by atoms with Crippen LogP contribution >= 0.6 is 0 Å². The van der Waals surface area contributed by atoms with E-state index in [1.807, 2.05) is 6.07 Å². The summed E-state index contributed by atoms with van der Waals surface area (Å²) in [6.07, 6.45) is 8.88. The van der Waals surface area contributed by atoms with Gasteiger partial charge in [-0.2, -0.15) is 5.26 Å². The highest BCUT2D eigenvalue weighted by atomic mass is 16.3. The molecule has 0 radical (unpaired) electrons. The zero-order valence-corrected chi connectivity index (χ0v) is 11.3. The first kappa shape index (κ1) is 13.8. The van der Waals surface area contributed by atoms with Crippen LogP contribution in [0.5, 0.6) is 0 Å². The van der Waals surface area contributed by atoms with E-state index in [1.54, 1.807) is 0 Å². The van der Waals surface area contributed by atoms with Gasteiger partial charge in [-0.15, -0.1) is 0 Å². The fourth-order valence-electron chi connectivity index (χ4n) is 2.58. The zero-order valence-electron chi connectivity index (χ0n) is 11.3. The number of nitriles is 1. The average molecular weight is 255 g/mol. The number of hydrogen-bond acceptors (Lipinski definition) is 2. The Morgan fingerprint density at radius 3 is 2.68 bits per heavy atom. The topological polar surface area (TPSA) is 44.0 Å². The molecular formula is C17H21NO. The van der Waals surface area contributed by atoms with Crippen molar-refractivity contribution in [1.29, 1.82) is 5.26 Å². The van der Waals surface area contributed by atoms with E-state index in [1.165, 1.54) is 43.2 Å². The molecule has 0 spiro atoms. The van der Waals surface area contributed by atoms with Gasteiger partial charge in [0, 0.05) is 0 Å². The summed E-state index contributed by atoms with van der Waals surface area (Å²) in [5.41, 5.74) is 3.86. The van der Waals surface area contributed by atoms with E-state index in [-0.39, 0.29) is 6.42 Å². The molecule has 0 aliphatic heterocycles. The summed E-state index contributed by atoms with van der Waals surface area (Å²) in [6, 6.07) is 10.4. The van der Waals surface area contributed by atoms with E-state index in [0.717, 1.165) is 5.56 Å². The molecule has 1 aromatic rings. The van der Waals surface area contributed by atoms with Crippen LogP contribution in [0, 0.1) is 11.3 Å². The first-order valence-electron chi connectivity index (χ1n) is 7.13. The molecule has 1 aliphatic rings. The second kappa shape index (κ2) is 7.11. The Morgan fingerprint density at radius 1 is 1.16 bits per heavy atom. The Hall–Kier alpha value is -1.59. The van der Waals surface area contributed by atoms with Crippen LogP contribution in [0.1, 0.15) is 49.7 Å². The molecule has 0 saturated carbocycles. The summed E-state index contributed by atoms with van der Waals surface area (Å²) in [7, 11) is 0. The molecule has 1 atom stereocenters. The minimum atomic E-state index is -0.548. The Morgan fingerprint density at radius 2 is 1.95 bits per heavy atom. The van der Waals surface area contributed by atoms with Crippen molar-refractivity contribution in [2.75, 3.05) is 0 Å². The molecule has 0 unspecified atom stereocenters. The van der Waals surface area contributed by atoms with E-state index in [4.69, 9.17) is 5.26 Å². The van der Waals surface area contributed by atoms with Gasteiger partial charge in [0.1, 0.15) is 0 Å². The lowest BCUT2D eigenvalue weighted by Crippen LogP contribution is -2.08. The van der Waals surface area contributed by atoms with Gasteiger partial charge in [-0.3, -0.25) is 0 Å². The molecule has 1 aromatic carbocycles. The maximum Gasteiger partial charge on any atom is 0.0710 e. The molecule has 0 bridgehead atoms. The second-order valence-corrected chi connectivity index (χ2v) is 5.25. The van der Waals surface area contributed by atoms with Gasteiger partial charge in [0.2, 0.25) is 0 Å². The number of nitrogens with zero attached hydrogens (tertiary/aromatic N) is 1. The Balaban J connectivity index is 2.01. The van der Waals surface area contributed by atoms with E-state index in [0.29, 0.717) is 6.42 Å². The van der Waals surface area contributed by atoms with Crippen LogP contribution in [0.15, 0.2) is 30.3 Å². The molecule has 2 rings (SSSR count). The first-order chi connectivity index (χ1) is 9.29. The lowest BCUT2D eigenvalue weighted by Gasteiger charge is -2.09. The maximum absolute atomic E-state index is 9.62. The highest BCUT2D eigenvalue weighted by Gasteiger charge is 2.07. The molecule has 1 aliphatic carbocycles. The fourth-order valence-corrected chi connectivity index (χ4v) is 2.58. The largest absolute Gasteiger partial charge is 0.392 e. The van der Waals surface area contributed by atoms with Crippen LogP contribution in [0.3, 0.4) is 0 Å². The smallest absolute Gasteiger partial charge is 0.0710 e. The predicted molar refractivity (Wildman–Crippen MR) is 77.4 cm³/mol. The van der Waals surface area contributed by atoms with Gasteiger partial charge in [-0.05, 0) is 48.8 Å². The third kappa shape index (κ3) is 4.22. The van der Waals surface area contributed by atoms with E-state index < -0.39 is 6.10 Å². The molecule has 19 heavy (non-hydrogen) atoms. The van der Waals surface area contributed by atoms with Crippen molar-refractivity contribution in [3.63, 3.8) is 0 Å². The van der Waals surface area contributed by atoms with E-state index in [2.05, 4.69) is 30.3 Å². The van der Waals surface area contributed by atoms with Gasteiger partial charge >= 0.3 is 0 Å². The monoisotopic (exact) mass is 255 g/mol. The van der Waals surface area contributed by atoms with Crippen molar-refractivity contribution in [3.05, 3.63) is 41.5 Å². The molecule has 2 nitrogen and oxygen atoms in total. The highest BCUT2D eigenvalue weighted by molar-refractivity contribution is 5.65. The molecule has 0 amide bonds. The maximum atomic E-state index is 9.62. The fraction of sp³-hybridized carbons (Fsp3) is 0.471.